The number of hydrogen-bond donors (Lipinski definition) is 2. The zero-order valence-electron chi connectivity index (χ0n) is 11.9. The fraction of sp³-hybridized carbons (Fsp3) is 0.333. The predicted octanol–water partition coefficient (Wildman–Crippen LogP) is 2.36. The van der Waals surface area contributed by atoms with Gasteiger partial charge in [-0.05, 0) is 18.6 Å². The molecule has 2 aromatic rings. The Labute approximate surface area is 128 Å². The molecule has 1 amide bonds. The SMILES string of the molecule is CCC(CO)N(CC(=O)Nc1nccs1)c1ccccc1. The average molecular weight is 305 g/mol. The molecular weight excluding hydrogens is 286 g/mol. The Kier molecular flexibility index (Phi) is 5.71. The molecular formula is C15H19N3O2S. The molecule has 1 heterocycles. The topological polar surface area (TPSA) is 65.5 Å². The molecule has 2 N–H and O–H groups in total. The van der Waals surface area contributed by atoms with Crippen molar-refractivity contribution in [1.82, 2.24) is 4.98 Å². The van der Waals surface area contributed by atoms with Crippen LogP contribution < -0.4 is 10.2 Å². The molecule has 1 atom stereocenters. The Morgan fingerprint density at radius 1 is 1.43 bits per heavy atom. The van der Waals surface area contributed by atoms with Gasteiger partial charge in [0.25, 0.3) is 0 Å². The van der Waals surface area contributed by atoms with Gasteiger partial charge in [-0.25, -0.2) is 4.98 Å². The number of carbonyl (C=O) groups excluding carboxylic acids is 1. The van der Waals surface area contributed by atoms with Crippen LogP contribution in [0.5, 0.6) is 0 Å². The number of thiazole rings is 1. The first-order chi connectivity index (χ1) is 10.2. The maximum absolute atomic E-state index is 12.2. The van der Waals surface area contributed by atoms with Gasteiger partial charge in [0, 0.05) is 17.3 Å². The lowest BCUT2D eigenvalue weighted by Gasteiger charge is -2.31. The number of nitrogens with one attached hydrogen (secondary N) is 1. The second kappa shape index (κ2) is 7.75. The maximum Gasteiger partial charge on any atom is 0.245 e. The van der Waals surface area contributed by atoms with Crippen molar-refractivity contribution in [1.29, 1.82) is 0 Å². The van der Waals surface area contributed by atoms with Crippen LogP contribution in [0.1, 0.15) is 13.3 Å². The van der Waals surface area contributed by atoms with Crippen molar-refractivity contribution < 1.29 is 9.90 Å². The first-order valence-corrected chi connectivity index (χ1v) is 7.74. The summed E-state index contributed by atoms with van der Waals surface area (Å²) in [5.41, 5.74) is 0.924. The normalized spacial score (nSPS) is 11.9. The van der Waals surface area contributed by atoms with Crippen LogP contribution in [-0.4, -0.2) is 35.2 Å². The van der Waals surface area contributed by atoms with E-state index < -0.39 is 0 Å². The highest BCUT2D eigenvalue weighted by Gasteiger charge is 2.19. The number of nitrogens with zero attached hydrogens (tertiary/aromatic N) is 2. The monoisotopic (exact) mass is 305 g/mol. The van der Waals surface area contributed by atoms with Crippen LogP contribution in [0.3, 0.4) is 0 Å². The lowest BCUT2D eigenvalue weighted by Crippen LogP contribution is -2.42. The number of rotatable bonds is 7. The second-order valence-corrected chi connectivity index (χ2v) is 5.49. The molecule has 21 heavy (non-hydrogen) atoms. The molecule has 0 saturated carbocycles. The molecule has 0 aliphatic carbocycles. The van der Waals surface area contributed by atoms with Gasteiger partial charge in [0.05, 0.1) is 19.2 Å². The quantitative estimate of drug-likeness (QED) is 0.824. The second-order valence-electron chi connectivity index (χ2n) is 4.59. The molecule has 1 aromatic carbocycles. The summed E-state index contributed by atoms with van der Waals surface area (Å²) in [7, 11) is 0. The summed E-state index contributed by atoms with van der Waals surface area (Å²) in [6.45, 7) is 2.19. The number of aromatic nitrogens is 1. The minimum atomic E-state index is -0.138. The third-order valence-electron chi connectivity index (χ3n) is 3.20. The summed E-state index contributed by atoms with van der Waals surface area (Å²) in [6.07, 6.45) is 2.41. The Bertz CT molecular complexity index is 541. The largest absolute Gasteiger partial charge is 0.394 e. The first-order valence-electron chi connectivity index (χ1n) is 6.86. The lowest BCUT2D eigenvalue weighted by molar-refractivity contribution is -0.115. The molecule has 5 nitrogen and oxygen atoms in total. The van der Waals surface area contributed by atoms with Gasteiger partial charge in [0.1, 0.15) is 0 Å². The van der Waals surface area contributed by atoms with Crippen LogP contribution in [0.4, 0.5) is 10.8 Å². The van der Waals surface area contributed by atoms with E-state index in [9.17, 15) is 9.90 Å². The van der Waals surface area contributed by atoms with Crippen LogP contribution in [0.2, 0.25) is 0 Å². The molecule has 1 aromatic heterocycles. The van der Waals surface area contributed by atoms with E-state index in [2.05, 4.69) is 10.3 Å². The molecule has 6 heteroatoms. The molecule has 0 bridgehead atoms. The van der Waals surface area contributed by atoms with Crippen molar-refractivity contribution in [3.05, 3.63) is 41.9 Å². The van der Waals surface area contributed by atoms with Gasteiger partial charge >= 0.3 is 0 Å². The molecule has 112 valence electrons. The van der Waals surface area contributed by atoms with Crippen LogP contribution in [0.25, 0.3) is 0 Å². The molecule has 2 rings (SSSR count). The zero-order valence-corrected chi connectivity index (χ0v) is 12.7. The number of amides is 1. The van der Waals surface area contributed by atoms with Crippen molar-refractivity contribution in [2.45, 2.75) is 19.4 Å². The van der Waals surface area contributed by atoms with E-state index in [-0.39, 0.29) is 25.1 Å². The van der Waals surface area contributed by atoms with Gasteiger partial charge in [0.15, 0.2) is 5.13 Å². The third kappa shape index (κ3) is 4.27. The standard InChI is InChI=1S/C15H19N3O2S/c1-2-12(11-19)18(13-6-4-3-5-7-13)10-14(20)17-15-16-8-9-21-15/h3-9,12,19H,2,10-11H2,1H3,(H,16,17,20). The Morgan fingerprint density at radius 2 is 2.19 bits per heavy atom. The van der Waals surface area contributed by atoms with Gasteiger partial charge < -0.3 is 15.3 Å². The van der Waals surface area contributed by atoms with E-state index in [1.165, 1.54) is 11.3 Å². The summed E-state index contributed by atoms with van der Waals surface area (Å²) in [6, 6.07) is 9.56. The number of para-hydroxylation sites is 1. The summed E-state index contributed by atoms with van der Waals surface area (Å²) >= 11 is 1.38. The first kappa shape index (κ1) is 15.5. The molecule has 1 unspecified atom stereocenters. The summed E-state index contributed by atoms with van der Waals surface area (Å²) in [5.74, 6) is -0.138. The van der Waals surface area contributed by atoms with Gasteiger partial charge in [-0.2, -0.15) is 0 Å². The van der Waals surface area contributed by atoms with Crippen molar-refractivity contribution >= 4 is 28.1 Å². The fourth-order valence-corrected chi connectivity index (χ4v) is 2.64. The van der Waals surface area contributed by atoms with Crippen LogP contribution in [0, 0.1) is 0 Å². The van der Waals surface area contributed by atoms with E-state index in [1.54, 1.807) is 6.20 Å². The van der Waals surface area contributed by atoms with Crippen molar-refractivity contribution in [2.75, 3.05) is 23.4 Å². The highest BCUT2D eigenvalue weighted by atomic mass is 32.1. The van der Waals surface area contributed by atoms with Crippen molar-refractivity contribution in [3.8, 4) is 0 Å². The molecule has 0 saturated heterocycles. The van der Waals surface area contributed by atoms with Crippen LogP contribution in [0.15, 0.2) is 41.9 Å². The van der Waals surface area contributed by atoms with Gasteiger partial charge in [-0.15, -0.1) is 11.3 Å². The summed E-state index contributed by atoms with van der Waals surface area (Å²) in [4.78, 5) is 18.1. The van der Waals surface area contributed by atoms with E-state index in [4.69, 9.17) is 0 Å². The van der Waals surface area contributed by atoms with E-state index in [0.29, 0.717) is 5.13 Å². The number of hydrogen-bond acceptors (Lipinski definition) is 5. The average Bonchev–Trinajstić information content (AvgIpc) is 3.01. The zero-order chi connectivity index (χ0) is 15.1. The van der Waals surface area contributed by atoms with Gasteiger partial charge in [-0.3, -0.25) is 4.79 Å². The summed E-state index contributed by atoms with van der Waals surface area (Å²) in [5, 5.41) is 14.7. The Balaban J connectivity index is 2.10. The smallest absolute Gasteiger partial charge is 0.245 e. The maximum atomic E-state index is 12.2. The van der Waals surface area contributed by atoms with Gasteiger partial charge in [-0.1, -0.05) is 25.1 Å². The number of aliphatic hydroxyl groups is 1. The van der Waals surface area contributed by atoms with E-state index in [0.717, 1.165) is 12.1 Å². The minimum Gasteiger partial charge on any atom is -0.394 e. The number of benzene rings is 1. The lowest BCUT2D eigenvalue weighted by atomic mass is 10.1. The molecule has 0 radical (unpaired) electrons. The van der Waals surface area contributed by atoms with E-state index >= 15 is 0 Å². The third-order valence-corrected chi connectivity index (χ3v) is 3.89. The number of carbonyl (C=O) groups is 1. The fourth-order valence-electron chi connectivity index (χ4n) is 2.10. The van der Waals surface area contributed by atoms with E-state index in [1.807, 2.05) is 47.5 Å². The predicted molar refractivity (Wildman–Crippen MR) is 85.7 cm³/mol. The van der Waals surface area contributed by atoms with Crippen molar-refractivity contribution in [2.24, 2.45) is 0 Å². The number of aliphatic hydroxyl groups excluding tert-OH is 1. The summed E-state index contributed by atoms with van der Waals surface area (Å²) < 4.78 is 0. The highest BCUT2D eigenvalue weighted by Crippen LogP contribution is 2.18. The number of anilines is 2. The highest BCUT2D eigenvalue weighted by molar-refractivity contribution is 7.13. The Morgan fingerprint density at radius 3 is 2.76 bits per heavy atom. The van der Waals surface area contributed by atoms with Gasteiger partial charge in [0.2, 0.25) is 5.91 Å². The van der Waals surface area contributed by atoms with Crippen LogP contribution in [-0.2, 0) is 4.79 Å². The van der Waals surface area contributed by atoms with Crippen LogP contribution >= 0.6 is 11.3 Å². The molecule has 0 aliphatic rings. The molecule has 0 aliphatic heterocycles. The minimum absolute atomic E-state index is 0.00985. The Hall–Kier alpha value is -1.92. The molecule has 0 fully saturated rings. The molecule has 0 spiro atoms. The van der Waals surface area contributed by atoms with Crippen molar-refractivity contribution in [3.63, 3.8) is 0 Å².